The van der Waals surface area contributed by atoms with E-state index in [0.29, 0.717) is 0 Å². The van der Waals surface area contributed by atoms with Crippen LogP contribution < -0.4 is 17.0 Å². The first-order valence-electron chi connectivity index (χ1n) is 2.67. The van der Waals surface area contributed by atoms with Gasteiger partial charge in [-0.1, -0.05) is 18.2 Å². The quantitative estimate of drug-likeness (QED) is 0.408. The van der Waals surface area contributed by atoms with Gasteiger partial charge in [-0.25, -0.2) is 0 Å². The maximum atomic E-state index is 8.25. The number of quaternary nitrogens is 1. The van der Waals surface area contributed by atoms with Crippen LogP contribution in [-0.2, 0) is 4.79 Å². The first-order valence-corrected chi connectivity index (χ1v) is 2.67. The predicted octanol–water partition coefficient (Wildman–Crippen LogP) is 0.0111. The van der Waals surface area contributed by atoms with Crippen molar-refractivity contribution in [3.05, 3.63) is 30.3 Å². The zero-order valence-corrected chi connectivity index (χ0v) is 6.36. The molecule has 4 heteroatoms. The van der Waals surface area contributed by atoms with E-state index in [2.05, 4.69) is 0 Å². The zero-order valence-electron chi connectivity index (χ0n) is 6.36. The molecule has 0 heterocycles. The molecule has 0 unspecified atom stereocenters. The van der Waals surface area contributed by atoms with Crippen LogP contribution in [0.25, 0.3) is 0 Å². The first kappa shape index (κ1) is 12.2. The van der Waals surface area contributed by atoms with E-state index in [1.165, 1.54) is 0 Å². The van der Waals surface area contributed by atoms with Gasteiger partial charge in [-0.3, -0.25) is 0 Å². The molecule has 0 amide bonds. The van der Waals surface area contributed by atoms with Crippen molar-refractivity contribution < 1.29 is 9.90 Å². The number of hydrogen-bond acceptors (Lipinski definition) is 3. The summed E-state index contributed by atoms with van der Waals surface area (Å²) in [6.45, 7) is -0.500. The summed E-state index contributed by atoms with van der Waals surface area (Å²) in [7, 11) is 0. The van der Waals surface area contributed by atoms with E-state index in [1.54, 1.807) is 0 Å². The summed E-state index contributed by atoms with van der Waals surface area (Å²) in [5, 5.41) is 8.25. The van der Waals surface area contributed by atoms with Crippen LogP contribution in [-0.4, -0.2) is 6.47 Å². The lowest BCUT2D eigenvalue weighted by molar-refractivity contribution is -0.283. The van der Waals surface area contributed by atoms with Crippen molar-refractivity contribution in [3.63, 3.8) is 0 Å². The molecule has 0 fully saturated rings. The molecule has 1 aromatic rings. The van der Waals surface area contributed by atoms with Crippen LogP contribution >= 0.6 is 0 Å². The maximum Gasteiger partial charge on any atom is 0.0313 e. The van der Waals surface area contributed by atoms with Gasteiger partial charge in [-0.2, -0.15) is 0 Å². The highest BCUT2D eigenvalue weighted by Crippen LogP contribution is 1.95. The second kappa shape index (κ2) is 8.45. The SMILES string of the molecule is Nc1ccccc1.O=C[O-].[NH4+]. The summed E-state index contributed by atoms with van der Waals surface area (Å²) < 4.78 is 0. The van der Waals surface area contributed by atoms with Crippen molar-refractivity contribution in [2.45, 2.75) is 0 Å². The van der Waals surface area contributed by atoms with Crippen molar-refractivity contribution in [3.8, 4) is 0 Å². The van der Waals surface area contributed by atoms with Gasteiger partial charge in [0, 0.05) is 12.2 Å². The molecule has 0 bridgehead atoms. The molecule has 62 valence electrons. The smallest absolute Gasteiger partial charge is 0.0313 e. The summed E-state index contributed by atoms with van der Waals surface area (Å²) in [6.07, 6.45) is 0. The zero-order chi connectivity index (χ0) is 7.82. The third-order valence-corrected chi connectivity index (χ3v) is 0.800. The van der Waals surface area contributed by atoms with Crippen LogP contribution in [0.2, 0.25) is 0 Å². The highest BCUT2D eigenvalue weighted by Gasteiger charge is 1.72. The molecule has 0 aliphatic heterocycles. The Balaban J connectivity index is 0. The number of rotatable bonds is 0. The standard InChI is InChI=1S/C6H7N.CH2O2.H3N/c7-6-4-2-1-3-5-6;2-1-3;/h1-5H,7H2;1H,(H,2,3);1H3. The predicted molar refractivity (Wildman–Crippen MR) is 42.9 cm³/mol. The number of carboxylic acid groups (broad SMARTS) is 1. The molecule has 6 N–H and O–H groups in total. The van der Waals surface area contributed by atoms with Crippen LogP contribution in [0, 0.1) is 0 Å². The Labute approximate surface area is 65.2 Å². The fourth-order valence-corrected chi connectivity index (χ4v) is 0.453. The van der Waals surface area contributed by atoms with Crippen molar-refractivity contribution in [2.75, 3.05) is 5.73 Å². The van der Waals surface area contributed by atoms with E-state index < -0.39 is 6.47 Å². The summed E-state index contributed by atoms with van der Waals surface area (Å²) in [5.74, 6) is 0. The molecule has 0 aromatic heterocycles. The van der Waals surface area contributed by atoms with E-state index in [0.717, 1.165) is 5.69 Å². The molecule has 0 aliphatic rings. The van der Waals surface area contributed by atoms with Gasteiger partial charge in [-0.05, 0) is 12.1 Å². The number of carbonyl (C=O) groups excluding carboxylic acids is 1. The monoisotopic (exact) mass is 156 g/mol. The number of benzene rings is 1. The number of nitrogens with two attached hydrogens (primary N) is 1. The molecule has 0 atom stereocenters. The van der Waals surface area contributed by atoms with Gasteiger partial charge < -0.3 is 21.8 Å². The molecule has 0 aliphatic carbocycles. The van der Waals surface area contributed by atoms with E-state index in [1.807, 2.05) is 30.3 Å². The molecule has 1 rings (SSSR count). The van der Waals surface area contributed by atoms with Gasteiger partial charge in [0.15, 0.2) is 0 Å². The second-order valence-electron chi connectivity index (χ2n) is 1.51. The molecule has 4 nitrogen and oxygen atoms in total. The number of para-hydroxylation sites is 1. The van der Waals surface area contributed by atoms with Gasteiger partial charge in [0.05, 0.1) is 0 Å². The van der Waals surface area contributed by atoms with Gasteiger partial charge in [0.25, 0.3) is 0 Å². The Kier molecular flexibility index (Phi) is 9.34. The molecule has 0 saturated carbocycles. The van der Waals surface area contributed by atoms with Crippen LogP contribution in [0.15, 0.2) is 30.3 Å². The maximum absolute atomic E-state index is 8.25. The Bertz CT molecular complexity index is 177. The summed E-state index contributed by atoms with van der Waals surface area (Å²) in [4.78, 5) is 8.25. The first-order chi connectivity index (χ1) is 4.81. The van der Waals surface area contributed by atoms with E-state index in [9.17, 15) is 0 Å². The van der Waals surface area contributed by atoms with Crippen molar-refractivity contribution in [2.24, 2.45) is 0 Å². The van der Waals surface area contributed by atoms with Crippen LogP contribution in [0.3, 0.4) is 0 Å². The van der Waals surface area contributed by atoms with Crippen molar-refractivity contribution >= 4 is 12.2 Å². The van der Waals surface area contributed by atoms with Crippen molar-refractivity contribution in [1.82, 2.24) is 6.15 Å². The third-order valence-electron chi connectivity index (χ3n) is 0.800. The van der Waals surface area contributed by atoms with Gasteiger partial charge in [0.2, 0.25) is 0 Å². The molecular formula is C7H12N2O2. The van der Waals surface area contributed by atoms with Gasteiger partial charge in [-0.15, -0.1) is 0 Å². The molecule has 11 heavy (non-hydrogen) atoms. The summed E-state index contributed by atoms with van der Waals surface area (Å²) >= 11 is 0. The fourth-order valence-electron chi connectivity index (χ4n) is 0.453. The van der Waals surface area contributed by atoms with Gasteiger partial charge >= 0.3 is 0 Å². The average molecular weight is 156 g/mol. The highest BCUT2D eigenvalue weighted by molar-refractivity contribution is 5.35. The molecular weight excluding hydrogens is 144 g/mol. The van der Waals surface area contributed by atoms with E-state index in [-0.39, 0.29) is 6.15 Å². The number of carbonyl (C=O) groups is 1. The van der Waals surface area contributed by atoms with E-state index >= 15 is 0 Å². The Morgan fingerprint density at radius 3 is 1.82 bits per heavy atom. The minimum absolute atomic E-state index is 0. The Hall–Kier alpha value is -1.55. The minimum atomic E-state index is -0.500. The molecule has 1 aromatic carbocycles. The van der Waals surface area contributed by atoms with E-state index in [4.69, 9.17) is 15.6 Å². The van der Waals surface area contributed by atoms with Crippen molar-refractivity contribution in [1.29, 1.82) is 0 Å². The Morgan fingerprint density at radius 2 is 1.64 bits per heavy atom. The highest BCUT2D eigenvalue weighted by atomic mass is 16.3. The minimum Gasteiger partial charge on any atom is -0.554 e. The average Bonchev–Trinajstić information content (AvgIpc) is 1.91. The lowest BCUT2D eigenvalue weighted by atomic mass is 10.3. The topological polar surface area (TPSA) is 103 Å². The largest absolute Gasteiger partial charge is 0.554 e. The summed E-state index contributed by atoms with van der Waals surface area (Å²) in [6, 6.07) is 9.49. The second-order valence-corrected chi connectivity index (χ2v) is 1.51. The van der Waals surface area contributed by atoms with Crippen LogP contribution in [0.1, 0.15) is 0 Å². The lowest BCUT2D eigenvalue weighted by Crippen LogP contribution is -2.01. The molecule has 0 spiro atoms. The summed E-state index contributed by atoms with van der Waals surface area (Å²) in [5.41, 5.74) is 6.18. The third kappa shape index (κ3) is 8.45. The van der Waals surface area contributed by atoms with Gasteiger partial charge in [0.1, 0.15) is 0 Å². The Morgan fingerprint density at radius 1 is 1.27 bits per heavy atom. The number of nitrogen functional groups attached to an aromatic ring is 1. The number of hydrogen-bond donors (Lipinski definition) is 2. The molecule has 0 saturated heterocycles. The normalized spacial score (nSPS) is 6.55. The fraction of sp³-hybridized carbons (Fsp3) is 0. The van der Waals surface area contributed by atoms with Crippen LogP contribution in [0.5, 0.6) is 0 Å². The number of anilines is 1. The molecule has 0 radical (unpaired) electrons. The lowest BCUT2D eigenvalue weighted by Gasteiger charge is -1.83. The van der Waals surface area contributed by atoms with Crippen LogP contribution in [0.4, 0.5) is 5.69 Å².